The fraction of sp³-hybridized carbons (Fsp3) is 0.435. The Morgan fingerprint density at radius 1 is 0.970 bits per heavy atom. The second-order valence-corrected chi connectivity index (χ2v) is 10.2. The molecule has 0 aromatic heterocycles. The highest BCUT2D eigenvalue weighted by Gasteiger charge is 2.37. The van der Waals surface area contributed by atoms with Gasteiger partial charge in [-0.3, -0.25) is 4.79 Å². The molecule has 10 heteroatoms. The van der Waals surface area contributed by atoms with Gasteiger partial charge in [-0.25, -0.2) is 17.2 Å². The van der Waals surface area contributed by atoms with Crippen molar-refractivity contribution < 1.29 is 26.7 Å². The third-order valence-electron chi connectivity index (χ3n) is 6.26. The number of sulfonamides is 1. The van der Waals surface area contributed by atoms with E-state index in [1.54, 1.807) is 17.0 Å². The van der Waals surface area contributed by atoms with E-state index in [2.05, 4.69) is 4.90 Å². The van der Waals surface area contributed by atoms with E-state index < -0.39 is 21.8 Å². The molecular weight excluding hydrogens is 452 g/mol. The second-order valence-electron chi connectivity index (χ2n) is 8.29. The molecule has 2 heterocycles. The Labute approximate surface area is 192 Å². The Hall–Kier alpha value is -2.72. The van der Waals surface area contributed by atoms with E-state index in [9.17, 15) is 22.0 Å². The predicted octanol–water partition coefficient (Wildman–Crippen LogP) is 2.72. The van der Waals surface area contributed by atoms with Crippen molar-refractivity contribution in [3.05, 3.63) is 54.1 Å². The van der Waals surface area contributed by atoms with Crippen LogP contribution in [0.3, 0.4) is 0 Å². The molecule has 1 atom stereocenters. The van der Waals surface area contributed by atoms with Gasteiger partial charge in [0.2, 0.25) is 15.9 Å². The smallest absolute Gasteiger partial charge is 0.246 e. The number of halogens is 2. The van der Waals surface area contributed by atoms with E-state index in [-0.39, 0.29) is 35.5 Å². The van der Waals surface area contributed by atoms with Gasteiger partial charge in [0, 0.05) is 45.0 Å². The van der Waals surface area contributed by atoms with Gasteiger partial charge in [-0.05, 0) is 55.3 Å². The number of anilines is 1. The average Bonchev–Trinajstić information content (AvgIpc) is 2.84. The van der Waals surface area contributed by atoms with Gasteiger partial charge in [0.05, 0.1) is 13.0 Å². The van der Waals surface area contributed by atoms with Crippen LogP contribution in [0.5, 0.6) is 5.75 Å². The number of carbonyl (C=O) groups excluding carboxylic acids is 1. The summed E-state index contributed by atoms with van der Waals surface area (Å²) in [6.07, 6.45) is 1.14. The molecule has 2 aliphatic heterocycles. The lowest BCUT2D eigenvalue weighted by Gasteiger charge is -2.39. The molecule has 1 amide bonds. The molecule has 0 radical (unpaired) electrons. The van der Waals surface area contributed by atoms with E-state index in [4.69, 9.17) is 4.74 Å². The summed E-state index contributed by atoms with van der Waals surface area (Å²) in [5, 5.41) is 0. The van der Waals surface area contributed by atoms with Gasteiger partial charge in [-0.15, -0.1) is 0 Å². The van der Waals surface area contributed by atoms with Crippen molar-refractivity contribution >= 4 is 21.6 Å². The number of nitrogens with zero attached hydrogens (tertiary/aromatic N) is 3. The van der Waals surface area contributed by atoms with Gasteiger partial charge >= 0.3 is 0 Å². The Morgan fingerprint density at radius 2 is 1.64 bits per heavy atom. The van der Waals surface area contributed by atoms with Gasteiger partial charge in [0.25, 0.3) is 0 Å². The fourth-order valence-electron chi connectivity index (χ4n) is 4.45. The van der Waals surface area contributed by atoms with Crippen molar-refractivity contribution in [2.75, 3.05) is 51.3 Å². The molecule has 0 N–H and O–H groups in total. The summed E-state index contributed by atoms with van der Waals surface area (Å²) < 4.78 is 59.7. The zero-order valence-corrected chi connectivity index (χ0v) is 19.2. The number of hydrogen-bond donors (Lipinski definition) is 0. The Morgan fingerprint density at radius 3 is 2.30 bits per heavy atom. The minimum Gasteiger partial charge on any atom is -0.495 e. The molecule has 0 spiro atoms. The van der Waals surface area contributed by atoms with Crippen LogP contribution in [0, 0.1) is 17.6 Å². The van der Waals surface area contributed by atoms with Crippen LogP contribution in [0.2, 0.25) is 0 Å². The number of piperidine rings is 1. The number of hydrogen-bond acceptors (Lipinski definition) is 5. The number of benzene rings is 2. The Kier molecular flexibility index (Phi) is 6.85. The van der Waals surface area contributed by atoms with E-state index in [1.807, 2.05) is 0 Å². The van der Waals surface area contributed by atoms with Crippen molar-refractivity contribution in [2.24, 2.45) is 5.92 Å². The number of amides is 1. The minimum atomic E-state index is -4.01. The number of methoxy groups -OCH3 is 1. The molecule has 0 bridgehead atoms. The molecule has 2 aromatic carbocycles. The summed E-state index contributed by atoms with van der Waals surface area (Å²) in [4.78, 5) is 16.8. The highest BCUT2D eigenvalue weighted by atomic mass is 32.2. The first-order chi connectivity index (χ1) is 15.8. The SMILES string of the molecule is COc1ccc(F)cc1S(=O)(=O)N1CCC[C@H](C(=O)N2CCN(c3ccc(F)cc3)CC2)C1. The number of carbonyl (C=O) groups is 1. The maximum atomic E-state index is 13.8. The number of rotatable bonds is 5. The lowest BCUT2D eigenvalue weighted by Crippen LogP contribution is -2.53. The van der Waals surface area contributed by atoms with Crippen LogP contribution in [-0.2, 0) is 14.8 Å². The summed E-state index contributed by atoms with van der Waals surface area (Å²) in [5.74, 6) is -1.41. The van der Waals surface area contributed by atoms with E-state index in [0.29, 0.717) is 39.0 Å². The monoisotopic (exact) mass is 479 g/mol. The van der Waals surface area contributed by atoms with Gasteiger partial charge in [0.15, 0.2) is 0 Å². The van der Waals surface area contributed by atoms with Crippen LogP contribution in [0.15, 0.2) is 47.4 Å². The molecule has 4 rings (SSSR count). The number of piperazine rings is 1. The Bertz CT molecular complexity index is 1100. The van der Waals surface area contributed by atoms with E-state index in [1.165, 1.54) is 29.6 Å². The molecular formula is C23H27F2N3O4S. The quantitative estimate of drug-likeness (QED) is 0.660. The average molecular weight is 480 g/mol. The first-order valence-corrected chi connectivity index (χ1v) is 12.4. The normalized spacial score (nSPS) is 20.0. The molecule has 178 valence electrons. The van der Waals surface area contributed by atoms with Crippen molar-refractivity contribution in [1.29, 1.82) is 0 Å². The van der Waals surface area contributed by atoms with Crippen molar-refractivity contribution in [3.8, 4) is 5.75 Å². The maximum absolute atomic E-state index is 13.8. The number of ether oxygens (including phenoxy) is 1. The first-order valence-electron chi connectivity index (χ1n) is 10.9. The summed E-state index contributed by atoms with van der Waals surface area (Å²) in [6, 6.07) is 9.65. The third-order valence-corrected chi connectivity index (χ3v) is 8.15. The lowest BCUT2D eigenvalue weighted by atomic mass is 9.97. The molecule has 2 aliphatic rings. The molecule has 0 saturated carbocycles. The molecule has 2 aromatic rings. The molecule has 7 nitrogen and oxygen atoms in total. The van der Waals surface area contributed by atoms with E-state index in [0.717, 1.165) is 17.8 Å². The van der Waals surface area contributed by atoms with Gasteiger partial charge in [-0.1, -0.05) is 0 Å². The lowest BCUT2D eigenvalue weighted by molar-refractivity contribution is -0.137. The molecule has 0 unspecified atom stereocenters. The minimum absolute atomic E-state index is 0.0546. The summed E-state index contributed by atoms with van der Waals surface area (Å²) >= 11 is 0. The molecule has 2 saturated heterocycles. The third kappa shape index (κ3) is 4.96. The Balaban J connectivity index is 1.42. The molecule has 0 aliphatic carbocycles. The van der Waals surface area contributed by atoms with Crippen LogP contribution in [-0.4, -0.2) is 69.9 Å². The van der Waals surface area contributed by atoms with Gasteiger partial charge in [-0.2, -0.15) is 4.31 Å². The standard InChI is InChI=1S/C23H27F2N3O4S/c1-32-21-9-6-19(25)15-22(21)33(30,31)28-10-2-3-17(16-28)23(29)27-13-11-26(12-14-27)20-7-4-18(24)5-8-20/h4-9,15,17H,2-3,10-14,16H2,1H3/t17-/m0/s1. The molecule has 2 fully saturated rings. The topological polar surface area (TPSA) is 70.2 Å². The van der Waals surface area contributed by atoms with Gasteiger partial charge in [0.1, 0.15) is 22.3 Å². The largest absolute Gasteiger partial charge is 0.495 e. The van der Waals surface area contributed by atoms with Crippen molar-refractivity contribution in [1.82, 2.24) is 9.21 Å². The summed E-state index contributed by atoms with van der Waals surface area (Å²) in [7, 11) is -2.68. The summed E-state index contributed by atoms with van der Waals surface area (Å²) in [5.41, 5.74) is 0.905. The van der Waals surface area contributed by atoms with Crippen LogP contribution in [0.4, 0.5) is 14.5 Å². The highest BCUT2D eigenvalue weighted by Crippen LogP contribution is 2.31. The first kappa shape index (κ1) is 23.4. The van der Waals surface area contributed by atoms with Crippen LogP contribution >= 0.6 is 0 Å². The zero-order chi connectivity index (χ0) is 23.6. The highest BCUT2D eigenvalue weighted by molar-refractivity contribution is 7.89. The van der Waals surface area contributed by atoms with Crippen LogP contribution < -0.4 is 9.64 Å². The predicted molar refractivity (Wildman–Crippen MR) is 120 cm³/mol. The second kappa shape index (κ2) is 9.64. The van der Waals surface area contributed by atoms with E-state index >= 15 is 0 Å². The van der Waals surface area contributed by atoms with Gasteiger partial charge < -0.3 is 14.5 Å². The van der Waals surface area contributed by atoms with Crippen molar-refractivity contribution in [3.63, 3.8) is 0 Å². The zero-order valence-electron chi connectivity index (χ0n) is 18.4. The maximum Gasteiger partial charge on any atom is 0.246 e. The van der Waals surface area contributed by atoms with Crippen LogP contribution in [0.1, 0.15) is 12.8 Å². The molecule has 33 heavy (non-hydrogen) atoms. The van der Waals surface area contributed by atoms with Crippen molar-refractivity contribution in [2.45, 2.75) is 17.7 Å². The fourth-order valence-corrected chi connectivity index (χ4v) is 6.14. The van der Waals surface area contributed by atoms with Crippen LogP contribution in [0.25, 0.3) is 0 Å². The summed E-state index contributed by atoms with van der Waals surface area (Å²) in [6.45, 7) is 2.58.